The van der Waals surface area contributed by atoms with Crippen molar-refractivity contribution >= 4 is 28.3 Å². The molecule has 15 heavy (non-hydrogen) atoms. The molecule has 3 N–H and O–H groups in total. The molecule has 0 atom stereocenters. The summed E-state index contributed by atoms with van der Waals surface area (Å²) in [7, 11) is 0. The van der Waals surface area contributed by atoms with E-state index in [-0.39, 0.29) is 12.4 Å². The van der Waals surface area contributed by atoms with Crippen molar-refractivity contribution in [1.29, 1.82) is 0 Å². The smallest absolute Gasteiger partial charge is 0.162 e. The number of ether oxygens (including phenoxy) is 2. The third-order valence-electron chi connectivity index (χ3n) is 2.00. The summed E-state index contributed by atoms with van der Waals surface area (Å²) in [5, 5.41) is 0. The van der Waals surface area contributed by atoms with Crippen LogP contribution >= 0.6 is 28.3 Å². The van der Waals surface area contributed by atoms with Crippen LogP contribution < -0.4 is 20.7 Å². The number of halogens is 2. The normalized spacial score (nSPS) is 13.2. The van der Waals surface area contributed by atoms with Gasteiger partial charge in [0.1, 0.15) is 13.2 Å². The van der Waals surface area contributed by atoms with E-state index in [0.29, 0.717) is 19.8 Å². The topological polar surface area (TPSA) is 56.5 Å². The fourth-order valence-corrected chi connectivity index (χ4v) is 1.81. The molecule has 0 aliphatic carbocycles. The molecule has 6 heteroatoms. The molecule has 0 aromatic heterocycles. The number of hydrazine groups is 1. The van der Waals surface area contributed by atoms with E-state index in [1.54, 1.807) is 0 Å². The molecule has 4 nitrogen and oxygen atoms in total. The minimum atomic E-state index is 0. The number of rotatable bonds is 2. The van der Waals surface area contributed by atoms with Crippen molar-refractivity contribution in [3.05, 3.63) is 22.2 Å². The third-order valence-corrected chi connectivity index (χ3v) is 2.74. The zero-order valence-corrected chi connectivity index (χ0v) is 10.4. The van der Waals surface area contributed by atoms with Gasteiger partial charge in [0.15, 0.2) is 11.5 Å². The summed E-state index contributed by atoms with van der Waals surface area (Å²) in [6.07, 6.45) is 0. The largest absolute Gasteiger partial charge is 0.486 e. The minimum Gasteiger partial charge on any atom is -0.486 e. The van der Waals surface area contributed by atoms with E-state index < -0.39 is 0 Å². The molecule has 0 radical (unpaired) electrons. The summed E-state index contributed by atoms with van der Waals surface area (Å²) < 4.78 is 11.9. The second-order valence-corrected chi connectivity index (χ2v) is 3.82. The lowest BCUT2D eigenvalue weighted by molar-refractivity contribution is 0.171. The molecule has 1 aliphatic heterocycles. The SMILES string of the molecule is Cl.NNCc1cc2c(cc1Br)OCCO2. The van der Waals surface area contributed by atoms with Gasteiger partial charge in [-0.25, -0.2) is 0 Å². The van der Waals surface area contributed by atoms with Gasteiger partial charge in [-0.2, -0.15) is 0 Å². The first kappa shape index (κ1) is 12.6. The summed E-state index contributed by atoms with van der Waals surface area (Å²) >= 11 is 3.45. The fraction of sp³-hybridized carbons (Fsp3) is 0.333. The van der Waals surface area contributed by atoms with Gasteiger partial charge in [-0.05, 0) is 17.7 Å². The van der Waals surface area contributed by atoms with Crippen LogP contribution in [0.1, 0.15) is 5.56 Å². The van der Waals surface area contributed by atoms with E-state index in [0.717, 1.165) is 21.5 Å². The van der Waals surface area contributed by atoms with E-state index in [1.807, 2.05) is 12.1 Å². The number of fused-ring (bicyclic) bond motifs is 1. The minimum absolute atomic E-state index is 0. The number of hydrogen-bond acceptors (Lipinski definition) is 4. The number of nitrogens with two attached hydrogens (primary N) is 1. The Morgan fingerprint density at radius 1 is 1.27 bits per heavy atom. The zero-order chi connectivity index (χ0) is 9.97. The predicted octanol–water partition coefficient (Wildman–Crippen LogP) is 1.61. The molecule has 1 aliphatic rings. The number of hydrogen-bond donors (Lipinski definition) is 2. The summed E-state index contributed by atoms with van der Waals surface area (Å²) in [6, 6.07) is 3.83. The van der Waals surface area contributed by atoms with Crippen LogP contribution in [0.15, 0.2) is 16.6 Å². The standard InChI is InChI=1S/C9H11BrN2O2.ClH/c10-7-4-9-8(13-1-2-14-9)3-6(7)5-12-11;/h3-4,12H,1-2,5,11H2;1H. The first-order valence-electron chi connectivity index (χ1n) is 4.33. The maximum Gasteiger partial charge on any atom is 0.162 e. The highest BCUT2D eigenvalue weighted by molar-refractivity contribution is 9.10. The summed E-state index contributed by atoms with van der Waals surface area (Å²) in [5.74, 6) is 6.83. The van der Waals surface area contributed by atoms with Crippen molar-refractivity contribution in [2.75, 3.05) is 13.2 Å². The molecule has 84 valence electrons. The Labute approximate surface area is 103 Å². The molecular formula is C9H12BrClN2O2. The maximum atomic E-state index is 5.45. The van der Waals surface area contributed by atoms with Gasteiger partial charge in [0, 0.05) is 11.0 Å². The Morgan fingerprint density at radius 2 is 1.87 bits per heavy atom. The second-order valence-electron chi connectivity index (χ2n) is 2.97. The molecule has 0 fully saturated rings. The van der Waals surface area contributed by atoms with Crippen molar-refractivity contribution < 1.29 is 9.47 Å². The maximum absolute atomic E-state index is 5.45. The Kier molecular flexibility index (Phi) is 4.66. The summed E-state index contributed by atoms with van der Waals surface area (Å²) in [5.41, 5.74) is 3.66. The van der Waals surface area contributed by atoms with Crippen molar-refractivity contribution in [2.45, 2.75) is 6.54 Å². The lowest BCUT2D eigenvalue weighted by Gasteiger charge is -2.19. The monoisotopic (exact) mass is 294 g/mol. The average Bonchev–Trinajstić information content (AvgIpc) is 2.19. The highest BCUT2D eigenvalue weighted by Crippen LogP contribution is 2.35. The van der Waals surface area contributed by atoms with Crippen LogP contribution in [-0.2, 0) is 6.54 Å². The molecule has 1 heterocycles. The van der Waals surface area contributed by atoms with Gasteiger partial charge in [-0.15, -0.1) is 12.4 Å². The Balaban J connectivity index is 0.00000112. The van der Waals surface area contributed by atoms with E-state index in [2.05, 4.69) is 21.4 Å². The molecule has 0 spiro atoms. The first-order chi connectivity index (χ1) is 6.81. The van der Waals surface area contributed by atoms with E-state index in [4.69, 9.17) is 15.3 Å². The van der Waals surface area contributed by atoms with Crippen LogP contribution in [0.3, 0.4) is 0 Å². The molecule has 1 aromatic carbocycles. The van der Waals surface area contributed by atoms with Crippen molar-refractivity contribution in [3.8, 4) is 11.5 Å². The molecule has 2 rings (SSSR count). The van der Waals surface area contributed by atoms with Gasteiger partial charge < -0.3 is 9.47 Å². The first-order valence-corrected chi connectivity index (χ1v) is 5.12. The van der Waals surface area contributed by atoms with E-state index >= 15 is 0 Å². The third kappa shape index (κ3) is 2.75. The van der Waals surface area contributed by atoms with Gasteiger partial charge in [-0.1, -0.05) is 15.9 Å². The molecule has 0 amide bonds. The second kappa shape index (κ2) is 5.55. The van der Waals surface area contributed by atoms with E-state index in [1.165, 1.54) is 0 Å². The fourth-order valence-electron chi connectivity index (χ4n) is 1.35. The van der Waals surface area contributed by atoms with Crippen LogP contribution in [0.2, 0.25) is 0 Å². The molecule has 0 bridgehead atoms. The van der Waals surface area contributed by atoms with Gasteiger partial charge in [-0.3, -0.25) is 11.3 Å². The van der Waals surface area contributed by atoms with Gasteiger partial charge in [0.25, 0.3) is 0 Å². The van der Waals surface area contributed by atoms with Gasteiger partial charge in [0.05, 0.1) is 0 Å². The van der Waals surface area contributed by atoms with Crippen LogP contribution in [0, 0.1) is 0 Å². The highest BCUT2D eigenvalue weighted by Gasteiger charge is 2.14. The van der Waals surface area contributed by atoms with Crippen molar-refractivity contribution in [1.82, 2.24) is 5.43 Å². The summed E-state index contributed by atoms with van der Waals surface area (Å²) in [6.45, 7) is 1.80. The van der Waals surface area contributed by atoms with Gasteiger partial charge in [0.2, 0.25) is 0 Å². The van der Waals surface area contributed by atoms with Crippen LogP contribution in [0.25, 0.3) is 0 Å². The molecular weight excluding hydrogens is 283 g/mol. The lowest BCUT2D eigenvalue weighted by Crippen LogP contribution is -2.21. The Bertz CT molecular complexity index is 349. The molecule has 0 saturated carbocycles. The Hall–Kier alpha value is -0.490. The van der Waals surface area contributed by atoms with Crippen LogP contribution in [0.5, 0.6) is 11.5 Å². The highest BCUT2D eigenvalue weighted by atomic mass is 79.9. The summed E-state index contributed by atoms with van der Waals surface area (Å²) in [4.78, 5) is 0. The quantitative estimate of drug-likeness (QED) is 0.643. The molecule has 1 aromatic rings. The zero-order valence-electron chi connectivity index (χ0n) is 7.96. The predicted molar refractivity (Wildman–Crippen MR) is 63.4 cm³/mol. The lowest BCUT2D eigenvalue weighted by atomic mass is 10.2. The number of nitrogens with one attached hydrogen (secondary N) is 1. The van der Waals surface area contributed by atoms with Gasteiger partial charge >= 0.3 is 0 Å². The molecule has 0 unspecified atom stereocenters. The van der Waals surface area contributed by atoms with E-state index in [9.17, 15) is 0 Å². The van der Waals surface area contributed by atoms with Crippen LogP contribution in [-0.4, -0.2) is 13.2 Å². The molecule has 0 saturated heterocycles. The number of benzene rings is 1. The van der Waals surface area contributed by atoms with Crippen molar-refractivity contribution in [3.63, 3.8) is 0 Å². The average molecular weight is 296 g/mol. The Morgan fingerprint density at radius 3 is 2.47 bits per heavy atom. The van der Waals surface area contributed by atoms with Crippen LogP contribution in [0.4, 0.5) is 0 Å². The van der Waals surface area contributed by atoms with Crippen molar-refractivity contribution in [2.24, 2.45) is 5.84 Å².